The fraction of sp³-hybridized carbons (Fsp3) is 0.812. The van der Waals surface area contributed by atoms with Crippen LogP contribution in [-0.4, -0.2) is 24.3 Å². The van der Waals surface area contributed by atoms with Crippen LogP contribution in [0.25, 0.3) is 0 Å². The smallest absolute Gasteiger partial charge is 0.333 e. The number of epoxide rings is 1. The van der Waals surface area contributed by atoms with E-state index in [1.54, 1.807) is 6.92 Å². The summed E-state index contributed by atoms with van der Waals surface area (Å²) >= 11 is 0. The van der Waals surface area contributed by atoms with Crippen molar-refractivity contribution in [1.29, 1.82) is 0 Å². The summed E-state index contributed by atoms with van der Waals surface area (Å²) in [6, 6.07) is 0. The first-order valence-electron chi connectivity index (χ1n) is 7.63. The van der Waals surface area contributed by atoms with Crippen molar-refractivity contribution in [3.8, 4) is 0 Å². The molecule has 1 aliphatic carbocycles. The largest absolute Gasteiger partial charge is 0.459 e. The highest BCUT2D eigenvalue weighted by atomic mass is 16.6. The Balaban J connectivity index is 1.88. The molecule has 0 aromatic rings. The monoisotopic (exact) mass is 266 g/mol. The van der Waals surface area contributed by atoms with Crippen molar-refractivity contribution in [3.63, 3.8) is 0 Å². The molecule has 3 heteroatoms. The average Bonchev–Trinajstić information content (AvgIpc) is 3.15. The maximum Gasteiger partial charge on any atom is 0.333 e. The van der Waals surface area contributed by atoms with Gasteiger partial charge in [0.05, 0.1) is 12.2 Å². The number of carbonyl (C=O) groups is 1. The first-order valence-corrected chi connectivity index (χ1v) is 7.63. The van der Waals surface area contributed by atoms with E-state index in [0.29, 0.717) is 23.7 Å². The van der Waals surface area contributed by atoms with Crippen LogP contribution in [0.5, 0.6) is 0 Å². The summed E-state index contributed by atoms with van der Waals surface area (Å²) in [7, 11) is 0. The molecule has 4 atom stereocenters. The summed E-state index contributed by atoms with van der Waals surface area (Å²) in [5, 5.41) is 0. The summed E-state index contributed by atoms with van der Waals surface area (Å²) < 4.78 is 11.2. The maximum atomic E-state index is 11.8. The maximum absolute atomic E-state index is 11.8. The molecule has 0 amide bonds. The van der Waals surface area contributed by atoms with Crippen LogP contribution in [0.4, 0.5) is 0 Å². The van der Waals surface area contributed by atoms with Gasteiger partial charge in [0.15, 0.2) is 0 Å². The van der Waals surface area contributed by atoms with Gasteiger partial charge in [0.1, 0.15) is 6.10 Å². The Hall–Kier alpha value is -0.830. The molecule has 0 spiro atoms. The van der Waals surface area contributed by atoms with Crippen LogP contribution in [-0.2, 0) is 14.3 Å². The molecule has 0 bridgehead atoms. The van der Waals surface area contributed by atoms with E-state index in [9.17, 15) is 4.79 Å². The summed E-state index contributed by atoms with van der Waals surface area (Å²) in [5.74, 6) is 0.240. The number of esters is 1. The quantitative estimate of drug-likeness (QED) is 0.306. The van der Waals surface area contributed by atoms with E-state index in [4.69, 9.17) is 9.47 Å². The summed E-state index contributed by atoms with van der Waals surface area (Å²) in [4.78, 5) is 11.8. The van der Waals surface area contributed by atoms with Crippen molar-refractivity contribution in [1.82, 2.24) is 0 Å². The van der Waals surface area contributed by atoms with E-state index in [1.165, 1.54) is 12.8 Å². The number of ether oxygens (including phenoxy) is 2. The Morgan fingerprint density at radius 2 is 2.16 bits per heavy atom. The molecule has 2 aliphatic rings. The van der Waals surface area contributed by atoms with Gasteiger partial charge in [0.2, 0.25) is 0 Å². The van der Waals surface area contributed by atoms with Crippen LogP contribution in [0.2, 0.25) is 0 Å². The lowest BCUT2D eigenvalue weighted by Gasteiger charge is -2.28. The number of unbranched alkanes of at least 4 members (excludes halogenated alkanes) is 2. The fourth-order valence-electron chi connectivity index (χ4n) is 3.00. The third-order valence-electron chi connectivity index (χ3n) is 4.27. The number of carbonyl (C=O) groups excluding carboxylic acids is 1. The lowest BCUT2D eigenvalue weighted by molar-refractivity contribution is -0.148. The van der Waals surface area contributed by atoms with Crippen LogP contribution in [0.15, 0.2) is 12.2 Å². The highest BCUT2D eigenvalue weighted by Crippen LogP contribution is 2.42. The Morgan fingerprint density at radius 1 is 1.37 bits per heavy atom. The standard InChI is InChI=1S/C16H26O3/c1-4-5-6-7-13(19-16(17)11(2)3)12-8-9-14-15(10-12)18-14/h12-15H,2,4-10H2,1,3H3. The fourth-order valence-corrected chi connectivity index (χ4v) is 3.00. The topological polar surface area (TPSA) is 38.8 Å². The van der Waals surface area contributed by atoms with Gasteiger partial charge in [-0.1, -0.05) is 26.3 Å². The van der Waals surface area contributed by atoms with Gasteiger partial charge in [-0.25, -0.2) is 4.79 Å². The number of hydrogen-bond acceptors (Lipinski definition) is 3. The molecule has 1 heterocycles. The van der Waals surface area contributed by atoms with E-state index >= 15 is 0 Å². The van der Waals surface area contributed by atoms with Gasteiger partial charge in [-0.15, -0.1) is 0 Å². The van der Waals surface area contributed by atoms with Crippen LogP contribution in [0.3, 0.4) is 0 Å². The molecule has 0 aromatic heterocycles. The predicted molar refractivity (Wildman–Crippen MR) is 74.8 cm³/mol. The van der Waals surface area contributed by atoms with Crippen molar-refractivity contribution in [2.75, 3.05) is 0 Å². The summed E-state index contributed by atoms with van der Waals surface area (Å²) in [6.07, 6.45) is 8.83. The zero-order chi connectivity index (χ0) is 13.8. The molecule has 1 saturated heterocycles. The van der Waals surface area contributed by atoms with Crippen molar-refractivity contribution in [2.45, 2.75) is 77.1 Å². The number of hydrogen-bond donors (Lipinski definition) is 0. The molecular formula is C16H26O3. The molecule has 3 nitrogen and oxygen atoms in total. The zero-order valence-corrected chi connectivity index (χ0v) is 12.2. The van der Waals surface area contributed by atoms with Crippen molar-refractivity contribution in [2.24, 2.45) is 5.92 Å². The highest BCUT2D eigenvalue weighted by molar-refractivity contribution is 5.87. The van der Waals surface area contributed by atoms with E-state index in [-0.39, 0.29) is 12.1 Å². The SMILES string of the molecule is C=C(C)C(=O)OC(CCCCC)C1CCC2OC2C1. The molecule has 108 valence electrons. The lowest BCUT2D eigenvalue weighted by Crippen LogP contribution is -2.31. The molecule has 0 aromatic carbocycles. The van der Waals surface area contributed by atoms with Crippen molar-refractivity contribution < 1.29 is 14.3 Å². The predicted octanol–water partition coefficient (Wildman–Crippen LogP) is 3.62. The molecule has 0 radical (unpaired) electrons. The average molecular weight is 266 g/mol. The molecule has 4 unspecified atom stereocenters. The van der Waals surface area contributed by atoms with Gasteiger partial charge >= 0.3 is 5.97 Å². The van der Waals surface area contributed by atoms with Gasteiger partial charge in [-0.05, 0) is 44.9 Å². The minimum Gasteiger partial charge on any atom is -0.459 e. The second-order valence-corrected chi connectivity index (χ2v) is 6.01. The van der Waals surface area contributed by atoms with Crippen LogP contribution >= 0.6 is 0 Å². The molecule has 2 fully saturated rings. The normalized spacial score (nSPS) is 30.3. The minimum atomic E-state index is -0.236. The Morgan fingerprint density at radius 3 is 2.79 bits per heavy atom. The van der Waals surface area contributed by atoms with E-state index < -0.39 is 0 Å². The van der Waals surface area contributed by atoms with Gasteiger partial charge in [0, 0.05) is 5.57 Å². The minimum absolute atomic E-state index is 0.0564. The lowest BCUT2D eigenvalue weighted by atomic mass is 9.83. The molecule has 2 rings (SSSR count). The van der Waals surface area contributed by atoms with Crippen LogP contribution in [0, 0.1) is 5.92 Å². The van der Waals surface area contributed by atoms with Crippen molar-refractivity contribution >= 4 is 5.97 Å². The Kier molecular flexibility index (Phi) is 5.03. The summed E-state index contributed by atoms with van der Waals surface area (Å²) in [5.41, 5.74) is 0.497. The van der Waals surface area contributed by atoms with Gasteiger partial charge < -0.3 is 9.47 Å². The van der Waals surface area contributed by atoms with E-state index in [2.05, 4.69) is 13.5 Å². The van der Waals surface area contributed by atoms with E-state index in [1.807, 2.05) is 0 Å². The molecular weight excluding hydrogens is 240 g/mol. The Labute approximate surface area is 116 Å². The summed E-state index contributed by atoms with van der Waals surface area (Å²) in [6.45, 7) is 7.58. The van der Waals surface area contributed by atoms with Crippen LogP contribution in [0.1, 0.15) is 58.8 Å². The van der Waals surface area contributed by atoms with Crippen LogP contribution < -0.4 is 0 Å². The second kappa shape index (κ2) is 6.56. The molecule has 1 aliphatic heterocycles. The van der Waals surface area contributed by atoms with Gasteiger partial charge in [-0.2, -0.15) is 0 Å². The molecule has 1 saturated carbocycles. The first kappa shape index (κ1) is 14.6. The number of rotatable bonds is 7. The van der Waals surface area contributed by atoms with Gasteiger partial charge in [0.25, 0.3) is 0 Å². The number of fused-ring (bicyclic) bond motifs is 1. The molecule has 19 heavy (non-hydrogen) atoms. The van der Waals surface area contributed by atoms with E-state index in [0.717, 1.165) is 32.1 Å². The van der Waals surface area contributed by atoms with Crippen molar-refractivity contribution in [3.05, 3.63) is 12.2 Å². The van der Waals surface area contributed by atoms with Gasteiger partial charge in [-0.3, -0.25) is 0 Å². The second-order valence-electron chi connectivity index (χ2n) is 6.01. The highest BCUT2D eigenvalue weighted by Gasteiger charge is 2.46. The third-order valence-corrected chi connectivity index (χ3v) is 4.27. The zero-order valence-electron chi connectivity index (χ0n) is 12.2. The Bertz CT molecular complexity index is 337. The first-order chi connectivity index (χ1) is 9.11. The third kappa shape index (κ3) is 4.07. The molecule has 0 N–H and O–H groups in total.